The standard InChI is InChI=1S/C15H27N3O/c1-11(2)16-9-14-8-12(3)15(17-10-14)18(5)7-6-13(4)19/h8,10-11,13,16,19H,6-7,9H2,1-5H3. The predicted octanol–water partition coefficient (Wildman–Crippen LogP) is 2.10. The van der Waals surface area contributed by atoms with Gasteiger partial charge in [-0.1, -0.05) is 13.8 Å². The van der Waals surface area contributed by atoms with E-state index in [2.05, 4.69) is 42.0 Å². The van der Waals surface area contributed by atoms with E-state index in [4.69, 9.17) is 0 Å². The molecule has 0 amide bonds. The first-order valence-corrected chi connectivity index (χ1v) is 6.98. The quantitative estimate of drug-likeness (QED) is 0.792. The summed E-state index contributed by atoms with van der Waals surface area (Å²) in [6, 6.07) is 2.66. The van der Waals surface area contributed by atoms with Crippen molar-refractivity contribution in [1.82, 2.24) is 10.3 Å². The number of rotatable bonds is 7. The monoisotopic (exact) mass is 265 g/mol. The minimum Gasteiger partial charge on any atom is -0.393 e. The van der Waals surface area contributed by atoms with Crippen molar-refractivity contribution < 1.29 is 5.11 Å². The van der Waals surface area contributed by atoms with Crippen LogP contribution in [0.3, 0.4) is 0 Å². The second-order valence-electron chi connectivity index (χ2n) is 5.58. The number of pyridine rings is 1. The normalized spacial score (nSPS) is 12.8. The van der Waals surface area contributed by atoms with Crippen molar-refractivity contribution in [3.63, 3.8) is 0 Å². The number of aliphatic hydroxyl groups excluding tert-OH is 1. The van der Waals surface area contributed by atoms with Crippen LogP contribution in [0.4, 0.5) is 5.82 Å². The maximum Gasteiger partial charge on any atom is 0.131 e. The number of nitrogens with one attached hydrogen (secondary N) is 1. The molecule has 0 saturated heterocycles. The summed E-state index contributed by atoms with van der Waals surface area (Å²) in [7, 11) is 2.02. The third kappa shape index (κ3) is 5.57. The Morgan fingerprint density at radius 3 is 2.58 bits per heavy atom. The molecule has 0 spiro atoms. The van der Waals surface area contributed by atoms with Gasteiger partial charge in [0.15, 0.2) is 0 Å². The Kier molecular flexibility index (Phi) is 6.25. The van der Waals surface area contributed by atoms with Crippen LogP contribution in [0.1, 0.15) is 38.3 Å². The molecule has 2 N–H and O–H groups in total. The van der Waals surface area contributed by atoms with Gasteiger partial charge < -0.3 is 15.3 Å². The van der Waals surface area contributed by atoms with E-state index in [-0.39, 0.29) is 6.10 Å². The van der Waals surface area contributed by atoms with Crippen LogP contribution in [0.15, 0.2) is 12.3 Å². The van der Waals surface area contributed by atoms with Gasteiger partial charge in [0.2, 0.25) is 0 Å². The van der Waals surface area contributed by atoms with E-state index in [9.17, 15) is 5.11 Å². The molecular weight excluding hydrogens is 238 g/mol. The molecule has 1 aromatic heterocycles. The summed E-state index contributed by atoms with van der Waals surface area (Å²) in [6.07, 6.45) is 2.42. The highest BCUT2D eigenvalue weighted by atomic mass is 16.3. The van der Waals surface area contributed by atoms with Crippen LogP contribution in [-0.4, -0.2) is 35.8 Å². The molecule has 0 fully saturated rings. The Morgan fingerprint density at radius 1 is 1.37 bits per heavy atom. The van der Waals surface area contributed by atoms with Gasteiger partial charge in [-0.2, -0.15) is 0 Å². The molecule has 0 aliphatic carbocycles. The molecule has 4 nitrogen and oxygen atoms in total. The fraction of sp³-hybridized carbons (Fsp3) is 0.667. The fourth-order valence-electron chi connectivity index (χ4n) is 1.93. The topological polar surface area (TPSA) is 48.4 Å². The Bertz CT molecular complexity index is 391. The Morgan fingerprint density at radius 2 is 2.05 bits per heavy atom. The van der Waals surface area contributed by atoms with Crippen LogP contribution in [0.2, 0.25) is 0 Å². The van der Waals surface area contributed by atoms with E-state index >= 15 is 0 Å². The Hall–Kier alpha value is -1.13. The highest BCUT2D eigenvalue weighted by Gasteiger charge is 2.08. The summed E-state index contributed by atoms with van der Waals surface area (Å²) < 4.78 is 0. The van der Waals surface area contributed by atoms with E-state index < -0.39 is 0 Å². The van der Waals surface area contributed by atoms with Gasteiger partial charge >= 0.3 is 0 Å². The van der Waals surface area contributed by atoms with Gasteiger partial charge in [0, 0.05) is 32.4 Å². The van der Waals surface area contributed by atoms with Gasteiger partial charge in [0.1, 0.15) is 5.82 Å². The molecule has 4 heteroatoms. The van der Waals surface area contributed by atoms with Crippen LogP contribution >= 0.6 is 0 Å². The smallest absolute Gasteiger partial charge is 0.131 e. The van der Waals surface area contributed by atoms with E-state index in [0.717, 1.165) is 25.3 Å². The van der Waals surface area contributed by atoms with Crippen molar-refractivity contribution in [2.45, 2.75) is 52.8 Å². The molecule has 1 unspecified atom stereocenters. The molecule has 1 aromatic rings. The molecule has 0 radical (unpaired) electrons. The number of anilines is 1. The van der Waals surface area contributed by atoms with Crippen LogP contribution < -0.4 is 10.2 Å². The van der Waals surface area contributed by atoms with Gasteiger partial charge in [-0.05, 0) is 37.5 Å². The fourth-order valence-corrected chi connectivity index (χ4v) is 1.93. The number of hydrogen-bond donors (Lipinski definition) is 2. The lowest BCUT2D eigenvalue weighted by atomic mass is 10.2. The summed E-state index contributed by atoms with van der Waals surface area (Å²) in [5.41, 5.74) is 2.38. The number of nitrogens with zero attached hydrogens (tertiary/aromatic N) is 2. The van der Waals surface area contributed by atoms with Crippen LogP contribution in [0.25, 0.3) is 0 Å². The average molecular weight is 265 g/mol. The highest BCUT2D eigenvalue weighted by Crippen LogP contribution is 2.17. The Labute approximate surface area is 116 Å². The molecule has 1 rings (SSSR count). The van der Waals surface area contributed by atoms with Gasteiger partial charge in [0.25, 0.3) is 0 Å². The van der Waals surface area contributed by atoms with E-state index in [0.29, 0.717) is 6.04 Å². The molecule has 0 aliphatic heterocycles. The minimum absolute atomic E-state index is 0.266. The first-order chi connectivity index (χ1) is 8.90. The molecule has 0 aromatic carbocycles. The number of aliphatic hydroxyl groups is 1. The maximum absolute atomic E-state index is 9.33. The second kappa shape index (κ2) is 7.46. The number of aryl methyl sites for hydroxylation is 1. The van der Waals surface area contributed by atoms with Crippen molar-refractivity contribution in [3.05, 3.63) is 23.4 Å². The van der Waals surface area contributed by atoms with Crippen molar-refractivity contribution in [1.29, 1.82) is 0 Å². The number of hydrogen-bond acceptors (Lipinski definition) is 4. The second-order valence-corrected chi connectivity index (χ2v) is 5.58. The van der Waals surface area contributed by atoms with Crippen molar-refractivity contribution in [2.75, 3.05) is 18.5 Å². The minimum atomic E-state index is -0.266. The van der Waals surface area contributed by atoms with Gasteiger partial charge in [-0.3, -0.25) is 0 Å². The number of aromatic nitrogens is 1. The summed E-state index contributed by atoms with van der Waals surface area (Å²) in [4.78, 5) is 6.64. The van der Waals surface area contributed by atoms with Crippen molar-refractivity contribution >= 4 is 5.82 Å². The lowest BCUT2D eigenvalue weighted by Crippen LogP contribution is -2.24. The molecule has 0 saturated carbocycles. The Balaban J connectivity index is 2.65. The van der Waals surface area contributed by atoms with Crippen molar-refractivity contribution in [2.24, 2.45) is 0 Å². The zero-order chi connectivity index (χ0) is 14.4. The highest BCUT2D eigenvalue weighted by molar-refractivity contribution is 5.46. The summed E-state index contributed by atoms with van der Waals surface area (Å²) in [6.45, 7) is 9.84. The third-order valence-electron chi connectivity index (χ3n) is 3.07. The lowest BCUT2D eigenvalue weighted by Gasteiger charge is -2.21. The predicted molar refractivity (Wildman–Crippen MR) is 80.5 cm³/mol. The van der Waals surface area contributed by atoms with Crippen molar-refractivity contribution in [3.8, 4) is 0 Å². The van der Waals surface area contributed by atoms with Gasteiger partial charge in [-0.15, -0.1) is 0 Å². The lowest BCUT2D eigenvalue weighted by molar-refractivity contribution is 0.187. The SMILES string of the molecule is Cc1cc(CNC(C)C)cnc1N(C)CCC(C)O. The average Bonchev–Trinajstić information content (AvgIpc) is 2.33. The van der Waals surface area contributed by atoms with Crippen LogP contribution in [0.5, 0.6) is 0 Å². The molecule has 1 atom stereocenters. The molecule has 0 aliphatic rings. The summed E-state index contributed by atoms with van der Waals surface area (Å²) >= 11 is 0. The van der Waals surface area contributed by atoms with E-state index in [1.807, 2.05) is 20.2 Å². The molecule has 108 valence electrons. The summed E-state index contributed by atoms with van der Waals surface area (Å²) in [5.74, 6) is 0.994. The van der Waals surface area contributed by atoms with Gasteiger partial charge in [0.05, 0.1) is 6.10 Å². The maximum atomic E-state index is 9.33. The zero-order valence-corrected chi connectivity index (χ0v) is 12.8. The van der Waals surface area contributed by atoms with E-state index in [1.54, 1.807) is 0 Å². The van der Waals surface area contributed by atoms with Crippen LogP contribution in [-0.2, 0) is 6.54 Å². The summed E-state index contributed by atoms with van der Waals surface area (Å²) in [5, 5.41) is 12.7. The molecule has 1 heterocycles. The zero-order valence-electron chi connectivity index (χ0n) is 12.8. The molecular formula is C15H27N3O. The largest absolute Gasteiger partial charge is 0.393 e. The first kappa shape index (κ1) is 15.9. The molecule has 0 bridgehead atoms. The third-order valence-corrected chi connectivity index (χ3v) is 3.07. The first-order valence-electron chi connectivity index (χ1n) is 6.98. The van der Waals surface area contributed by atoms with Gasteiger partial charge in [-0.25, -0.2) is 4.98 Å². The van der Waals surface area contributed by atoms with Crippen LogP contribution in [0, 0.1) is 6.92 Å². The van der Waals surface area contributed by atoms with E-state index in [1.165, 1.54) is 11.1 Å². The molecule has 19 heavy (non-hydrogen) atoms.